The second-order valence-corrected chi connectivity index (χ2v) is 4.61. The Balaban J connectivity index is 2.47. The molecule has 0 aliphatic carbocycles. The lowest BCUT2D eigenvalue weighted by molar-refractivity contribution is 0.210. The fourth-order valence-corrected chi connectivity index (χ4v) is 1.94. The summed E-state index contributed by atoms with van der Waals surface area (Å²) in [5.41, 5.74) is 5.30. The second-order valence-electron chi connectivity index (χ2n) is 3.44. The highest BCUT2D eigenvalue weighted by Gasteiger charge is 2.05. The van der Waals surface area contributed by atoms with Crippen LogP contribution in [0.25, 0.3) is 0 Å². The van der Waals surface area contributed by atoms with Crippen molar-refractivity contribution in [3.8, 4) is 11.8 Å². The van der Waals surface area contributed by atoms with E-state index >= 15 is 0 Å². The first kappa shape index (κ1) is 13.6. The highest BCUT2D eigenvalue weighted by molar-refractivity contribution is 7.12. The first-order chi connectivity index (χ1) is 8.17. The van der Waals surface area contributed by atoms with E-state index in [0.717, 1.165) is 9.75 Å². The van der Waals surface area contributed by atoms with Gasteiger partial charge in [-0.05, 0) is 19.1 Å². The summed E-state index contributed by atoms with van der Waals surface area (Å²) < 4.78 is 0. The molecule has 0 fully saturated rings. The molecule has 2 amide bonds. The zero-order valence-corrected chi connectivity index (χ0v) is 10.9. The lowest BCUT2D eigenvalue weighted by Gasteiger charge is -2.14. The van der Waals surface area contributed by atoms with Crippen molar-refractivity contribution in [2.75, 3.05) is 20.1 Å². The van der Waals surface area contributed by atoms with Gasteiger partial charge in [0, 0.05) is 18.5 Å². The third-order valence-electron chi connectivity index (χ3n) is 2.21. The number of nitrogens with zero attached hydrogens (tertiary/aromatic N) is 1. The van der Waals surface area contributed by atoms with Gasteiger partial charge in [-0.2, -0.15) is 0 Å². The Hall–Kier alpha value is -1.51. The molecule has 0 aliphatic rings. The Morgan fingerprint density at radius 2 is 2.35 bits per heavy atom. The summed E-state index contributed by atoms with van der Waals surface area (Å²) >= 11 is 1.57. The molecule has 0 unspecified atom stereocenters. The maximum atomic E-state index is 11.5. The molecule has 0 saturated heterocycles. The van der Waals surface area contributed by atoms with Crippen LogP contribution in [0.5, 0.6) is 0 Å². The summed E-state index contributed by atoms with van der Waals surface area (Å²) in [6, 6.07) is 3.85. The number of nitrogens with two attached hydrogens (primary N) is 1. The minimum Gasteiger partial charge on any atom is -0.333 e. The summed E-state index contributed by atoms with van der Waals surface area (Å²) in [4.78, 5) is 15.2. The number of nitrogens with one attached hydrogen (secondary N) is 1. The van der Waals surface area contributed by atoms with Crippen molar-refractivity contribution in [3.05, 3.63) is 21.9 Å². The number of amides is 2. The summed E-state index contributed by atoms with van der Waals surface area (Å²) in [5.74, 6) is 5.77. The topological polar surface area (TPSA) is 58.4 Å². The van der Waals surface area contributed by atoms with Crippen LogP contribution in [0.2, 0.25) is 0 Å². The maximum Gasteiger partial charge on any atom is 0.317 e. The number of carbonyl (C=O) groups is 1. The van der Waals surface area contributed by atoms with Crippen LogP contribution in [0.1, 0.15) is 16.7 Å². The molecule has 5 heteroatoms. The molecule has 3 N–H and O–H groups in total. The van der Waals surface area contributed by atoms with E-state index in [9.17, 15) is 4.79 Å². The molecule has 0 bridgehead atoms. The average Bonchev–Trinajstić information content (AvgIpc) is 2.80. The number of hydrogen-bond donors (Lipinski definition) is 2. The van der Waals surface area contributed by atoms with Crippen LogP contribution in [-0.4, -0.2) is 31.1 Å². The molecular formula is C12H17N3OS. The van der Waals surface area contributed by atoms with Crippen molar-refractivity contribution in [3.63, 3.8) is 0 Å². The molecule has 4 nitrogen and oxygen atoms in total. The van der Waals surface area contributed by atoms with Crippen molar-refractivity contribution in [2.45, 2.75) is 13.5 Å². The fraction of sp³-hybridized carbons (Fsp3) is 0.417. The summed E-state index contributed by atoms with van der Waals surface area (Å²) in [7, 11) is 1.77. The molecule has 1 heterocycles. The number of hydrogen-bond acceptors (Lipinski definition) is 3. The molecule has 0 aromatic carbocycles. The second kappa shape index (κ2) is 6.94. The molecule has 0 radical (unpaired) electrons. The molecule has 1 aromatic rings. The molecule has 17 heavy (non-hydrogen) atoms. The van der Waals surface area contributed by atoms with Gasteiger partial charge < -0.3 is 16.0 Å². The van der Waals surface area contributed by atoms with Gasteiger partial charge in [0.1, 0.15) is 0 Å². The van der Waals surface area contributed by atoms with Gasteiger partial charge >= 0.3 is 6.03 Å². The normalized spacial score (nSPS) is 9.35. The van der Waals surface area contributed by atoms with Gasteiger partial charge in [-0.3, -0.25) is 0 Å². The molecule has 0 aliphatic heterocycles. The van der Waals surface area contributed by atoms with E-state index in [1.807, 2.05) is 19.1 Å². The van der Waals surface area contributed by atoms with Crippen molar-refractivity contribution >= 4 is 17.4 Å². The Bertz CT molecular complexity index is 430. The Kier molecular flexibility index (Phi) is 5.53. The van der Waals surface area contributed by atoms with Crippen molar-refractivity contribution in [1.29, 1.82) is 0 Å². The monoisotopic (exact) mass is 251 g/mol. The highest BCUT2D eigenvalue weighted by atomic mass is 32.1. The first-order valence-corrected chi connectivity index (χ1v) is 6.25. The first-order valence-electron chi connectivity index (χ1n) is 5.44. The van der Waals surface area contributed by atoms with Crippen LogP contribution in [-0.2, 0) is 6.54 Å². The van der Waals surface area contributed by atoms with Crippen LogP contribution in [0.3, 0.4) is 0 Å². The zero-order valence-electron chi connectivity index (χ0n) is 10.1. The lowest BCUT2D eigenvalue weighted by atomic mass is 10.4. The molecule has 1 rings (SSSR count). The Morgan fingerprint density at radius 3 is 3.00 bits per heavy atom. The van der Waals surface area contributed by atoms with E-state index in [-0.39, 0.29) is 6.03 Å². The van der Waals surface area contributed by atoms with Crippen LogP contribution < -0.4 is 11.1 Å². The summed E-state index contributed by atoms with van der Waals surface area (Å²) in [6.07, 6.45) is 0. The van der Waals surface area contributed by atoms with E-state index in [0.29, 0.717) is 19.6 Å². The minimum atomic E-state index is -0.0597. The third-order valence-corrected chi connectivity index (χ3v) is 3.21. The number of rotatable bonds is 3. The van der Waals surface area contributed by atoms with E-state index in [2.05, 4.69) is 17.2 Å². The number of thiophene rings is 1. The SMILES string of the molecule is CCN(C)C(=O)NCc1ccc(C#CCN)s1. The van der Waals surface area contributed by atoms with E-state index in [4.69, 9.17) is 5.73 Å². The van der Waals surface area contributed by atoms with Crippen LogP contribution >= 0.6 is 11.3 Å². The molecular weight excluding hydrogens is 234 g/mol. The minimum absolute atomic E-state index is 0.0597. The lowest BCUT2D eigenvalue weighted by Crippen LogP contribution is -2.36. The van der Waals surface area contributed by atoms with Gasteiger partial charge in [-0.15, -0.1) is 11.3 Å². The third kappa shape index (κ3) is 4.47. The fourth-order valence-electron chi connectivity index (χ4n) is 1.12. The summed E-state index contributed by atoms with van der Waals surface area (Å²) in [6.45, 7) is 3.54. The van der Waals surface area contributed by atoms with Crippen LogP contribution in [0.4, 0.5) is 4.79 Å². The zero-order chi connectivity index (χ0) is 12.7. The maximum absolute atomic E-state index is 11.5. The van der Waals surface area contributed by atoms with Crippen LogP contribution in [0, 0.1) is 11.8 Å². The van der Waals surface area contributed by atoms with E-state index < -0.39 is 0 Å². The van der Waals surface area contributed by atoms with Gasteiger partial charge in [-0.1, -0.05) is 11.8 Å². The van der Waals surface area contributed by atoms with Gasteiger partial charge in [-0.25, -0.2) is 4.79 Å². The highest BCUT2D eigenvalue weighted by Crippen LogP contribution is 2.14. The smallest absolute Gasteiger partial charge is 0.317 e. The molecule has 1 aromatic heterocycles. The molecule has 0 saturated carbocycles. The largest absolute Gasteiger partial charge is 0.333 e. The molecule has 92 valence electrons. The molecule has 0 atom stereocenters. The van der Waals surface area contributed by atoms with Gasteiger partial charge in [0.15, 0.2) is 0 Å². The average molecular weight is 251 g/mol. The van der Waals surface area contributed by atoms with Gasteiger partial charge in [0.2, 0.25) is 0 Å². The predicted octanol–water partition coefficient (Wildman–Crippen LogP) is 1.22. The van der Waals surface area contributed by atoms with E-state index in [1.54, 1.807) is 23.3 Å². The van der Waals surface area contributed by atoms with Gasteiger partial charge in [0.05, 0.1) is 18.0 Å². The van der Waals surface area contributed by atoms with E-state index in [1.165, 1.54) is 0 Å². The standard InChI is InChI=1S/C12H17N3OS/c1-3-15(2)12(16)14-9-11-7-6-10(17-11)5-4-8-13/h6-7H,3,8-9,13H2,1-2H3,(H,14,16). The Morgan fingerprint density at radius 1 is 1.59 bits per heavy atom. The Labute approximate surface area is 106 Å². The van der Waals surface area contributed by atoms with Crippen LogP contribution in [0.15, 0.2) is 12.1 Å². The number of carbonyl (C=O) groups excluding carboxylic acids is 1. The molecule has 0 spiro atoms. The summed E-state index contributed by atoms with van der Waals surface area (Å²) in [5, 5.41) is 2.84. The van der Waals surface area contributed by atoms with Crippen molar-refractivity contribution in [2.24, 2.45) is 5.73 Å². The van der Waals surface area contributed by atoms with Crippen molar-refractivity contribution in [1.82, 2.24) is 10.2 Å². The quantitative estimate of drug-likeness (QED) is 0.794. The van der Waals surface area contributed by atoms with Crippen molar-refractivity contribution < 1.29 is 4.79 Å². The van der Waals surface area contributed by atoms with Gasteiger partial charge in [0.25, 0.3) is 0 Å². The predicted molar refractivity (Wildman–Crippen MR) is 70.8 cm³/mol. The number of urea groups is 1.